The number of nitro groups is 1. The molecule has 1 saturated carbocycles. The van der Waals surface area contributed by atoms with E-state index in [-0.39, 0.29) is 23.4 Å². The summed E-state index contributed by atoms with van der Waals surface area (Å²) >= 11 is 0. The van der Waals surface area contributed by atoms with Gasteiger partial charge in [-0.25, -0.2) is 0 Å². The van der Waals surface area contributed by atoms with E-state index in [1.165, 1.54) is 12.1 Å². The van der Waals surface area contributed by atoms with E-state index in [2.05, 4.69) is 5.32 Å². The van der Waals surface area contributed by atoms with Gasteiger partial charge in [-0.2, -0.15) is 0 Å². The Balaban J connectivity index is 1.83. The van der Waals surface area contributed by atoms with Crippen LogP contribution in [0.15, 0.2) is 18.2 Å². The van der Waals surface area contributed by atoms with Crippen LogP contribution in [0.3, 0.4) is 0 Å². The van der Waals surface area contributed by atoms with Gasteiger partial charge < -0.3 is 15.8 Å². The van der Waals surface area contributed by atoms with E-state index in [1.54, 1.807) is 6.07 Å². The van der Waals surface area contributed by atoms with Gasteiger partial charge in [-0.1, -0.05) is 0 Å². The quantitative estimate of drug-likeness (QED) is 0.633. The summed E-state index contributed by atoms with van der Waals surface area (Å²) in [7, 11) is 0. The van der Waals surface area contributed by atoms with Crippen molar-refractivity contribution in [3.05, 3.63) is 33.9 Å². The van der Waals surface area contributed by atoms with Gasteiger partial charge in [0.15, 0.2) is 0 Å². The van der Waals surface area contributed by atoms with Gasteiger partial charge in [0.2, 0.25) is 5.91 Å². The average Bonchev–Trinajstić information content (AvgIpc) is 3.19. The van der Waals surface area contributed by atoms with Gasteiger partial charge >= 0.3 is 0 Å². The summed E-state index contributed by atoms with van der Waals surface area (Å²) in [5.74, 6) is -0.112. The highest BCUT2D eigenvalue weighted by Crippen LogP contribution is 2.40. The van der Waals surface area contributed by atoms with E-state index in [9.17, 15) is 14.9 Å². The van der Waals surface area contributed by atoms with E-state index in [0.29, 0.717) is 18.2 Å². The molecule has 2 unspecified atom stereocenters. The van der Waals surface area contributed by atoms with Crippen molar-refractivity contribution in [2.24, 2.45) is 11.7 Å². The minimum atomic E-state index is -0.676. The summed E-state index contributed by atoms with van der Waals surface area (Å²) in [6, 6.07) is 4.34. The molecule has 0 bridgehead atoms. The van der Waals surface area contributed by atoms with Gasteiger partial charge in [0.05, 0.1) is 17.1 Å². The van der Waals surface area contributed by atoms with E-state index in [1.807, 2.05) is 0 Å². The number of anilines is 1. The third kappa shape index (κ3) is 2.82. The molecular weight excluding hydrogens is 274 g/mol. The number of benzene rings is 1. The van der Waals surface area contributed by atoms with E-state index in [0.717, 1.165) is 19.3 Å². The lowest BCUT2D eigenvalue weighted by atomic mass is 10.1. The third-order valence-electron chi connectivity index (χ3n) is 4.04. The number of rotatable bonds is 5. The molecule has 1 heterocycles. The molecule has 0 radical (unpaired) electrons. The molecular formula is C14H17N3O4. The summed E-state index contributed by atoms with van der Waals surface area (Å²) in [5.41, 5.74) is 5.57. The van der Waals surface area contributed by atoms with Crippen LogP contribution < -0.4 is 11.1 Å². The monoisotopic (exact) mass is 291 g/mol. The summed E-state index contributed by atoms with van der Waals surface area (Å²) in [6.07, 6.45) is 3.27. The number of primary amides is 1. The zero-order valence-corrected chi connectivity index (χ0v) is 11.5. The number of carbonyl (C=O) groups is 1. The van der Waals surface area contributed by atoms with Crippen molar-refractivity contribution in [3.8, 4) is 0 Å². The molecule has 1 saturated heterocycles. The lowest BCUT2D eigenvalue weighted by Crippen LogP contribution is -2.31. The Morgan fingerprint density at radius 2 is 2.14 bits per heavy atom. The Morgan fingerprint density at radius 1 is 1.38 bits per heavy atom. The largest absolute Gasteiger partial charge is 0.376 e. The van der Waals surface area contributed by atoms with Crippen LogP contribution in [0, 0.1) is 16.0 Å². The molecule has 7 nitrogen and oxygen atoms in total. The van der Waals surface area contributed by atoms with Gasteiger partial charge in [0.25, 0.3) is 5.69 Å². The average molecular weight is 291 g/mol. The maximum atomic E-state index is 11.2. The molecule has 1 aliphatic heterocycles. The lowest BCUT2D eigenvalue weighted by molar-refractivity contribution is -0.384. The fourth-order valence-electron chi connectivity index (χ4n) is 2.81. The predicted molar refractivity (Wildman–Crippen MR) is 76.1 cm³/mol. The molecule has 2 atom stereocenters. The van der Waals surface area contributed by atoms with Crippen molar-refractivity contribution >= 4 is 17.3 Å². The molecule has 7 heteroatoms. The van der Waals surface area contributed by atoms with Crippen LogP contribution in [0.25, 0.3) is 0 Å². The van der Waals surface area contributed by atoms with Crippen LogP contribution in [0.5, 0.6) is 0 Å². The Bertz CT molecular complexity index is 586. The number of nitrogens with one attached hydrogen (secondary N) is 1. The number of hydrogen-bond donors (Lipinski definition) is 2. The second kappa shape index (κ2) is 5.33. The summed E-state index contributed by atoms with van der Waals surface area (Å²) in [5, 5.41) is 14.4. The smallest absolute Gasteiger partial charge is 0.293 e. The Kier molecular flexibility index (Phi) is 3.50. The van der Waals surface area contributed by atoms with Crippen LogP contribution in [0.4, 0.5) is 11.4 Å². The van der Waals surface area contributed by atoms with E-state index in [4.69, 9.17) is 10.5 Å². The van der Waals surface area contributed by atoms with Crippen molar-refractivity contribution in [2.75, 3.05) is 11.9 Å². The van der Waals surface area contributed by atoms with Crippen molar-refractivity contribution in [1.29, 1.82) is 0 Å². The predicted octanol–water partition coefficient (Wildman–Crippen LogP) is 1.67. The zero-order valence-electron chi connectivity index (χ0n) is 11.5. The maximum absolute atomic E-state index is 11.2. The molecule has 2 fully saturated rings. The molecule has 21 heavy (non-hydrogen) atoms. The zero-order chi connectivity index (χ0) is 15.0. The second-order valence-electron chi connectivity index (χ2n) is 5.57. The third-order valence-corrected chi connectivity index (χ3v) is 4.04. The standard InChI is InChI=1S/C14H17N3O4/c15-14(18)9-3-4-10(12(7-9)17(19)20)16-11-5-6-21-13(11)8-1-2-8/h3-4,7-8,11,13,16H,1-2,5-6H2,(H2,15,18). The van der Waals surface area contributed by atoms with Crippen molar-refractivity contribution in [2.45, 2.75) is 31.4 Å². The summed E-state index contributed by atoms with van der Waals surface area (Å²) in [4.78, 5) is 21.8. The minimum absolute atomic E-state index is 0.0793. The molecule has 112 valence electrons. The summed E-state index contributed by atoms with van der Waals surface area (Å²) in [6.45, 7) is 0.673. The Labute approximate surface area is 121 Å². The normalized spacial score (nSPS) is 24.8. The van der Waals surface area contributed by atoms with Crippen LogP contribution in [0.2, 0.25) is 0 Å². The second-order valence-corrected chi connectivity index (χ2v) is 5.57. The molecule has 1 aromatic carbocycles. The number of ether oxygens (including phenoxy) is 1. The number of hydrogen-bond acceptors (Lipinski definition) is 5. The van der Waals surface area contributed by atoms with Gasteiger partial charge in [0, 0.05) is 18.2 Å². The number of carbonyl (C=O) groups excluding carboxylic acids is 1. The topological polar surface area (TPSA) is 107 Å². The number of nitrogens with two attached hydrogens (primary N) is 1. The van der Waals surface area contributed by atoms with Crippen LogP contribution in [-0.2, 0) is 4.74 Å². The first-order valence-electron chi connectivity index (χ1n) is 7.02. The van der Waals surface area contributed by atoms with Gasteiger partial charge in [-0.15, -0.1) is 0 Å². The molecule has 0 aromatic heterocycles. The maximum Gasteiger partial charge on any atom is 0.293 e. The SMILES string of the molecule is NC(=O)c1ccc(NC2CCOC2C2CC2)c([N+](=O)[O-])c1. The molecule has 1 aliphatic carbocycles. The van der Waals surface area contributed by atoms with E-state index < -0.39 is 10.8 Å². The molecule has 1 aromatic rings. The molecule has 3 rings (SSSR count). The van der Waals surface area contributed by atoms with Gasteiger partial charge in [-0.05, 0) is 37.3 Å². The molecule has 2 aliphatic rings. The minimum Gasteiger partial charge on any atom is -0.376 e. The Hall–Kier alpha value is -2.15. The first kappa shape index (κ1) is 13.8. The van der Waals surface area contributed by atoms with Gasteiger partial charge in [-0.3, -0.25) is 14.9 Å². The van der Waals surface area contributed by atoms with Crippen LogP contribution in [0.1, 0.15) is 29.6 Å². The highest BCUT2D eigenvalue weighted by Gasteiger charge is 2.41. The van der Waals surface area contributed by atoms with Gasteiger partial charge in [0.1, 0.15) is 5.69 Å². The number of amides is 1. The van der Waals surface area contributed by atoms with Crippen molar-refractivity contribution < 1.29 is 14.5 Å². The van der Waals surface area contributed by atoms with Crippen LogP contribution >= 0.6 is 0 Å². The number of nitro benzene ring substituents is 1. The highest BCUT2D eigenvalue weighted by molar-refractivity contribution is 5.94. The lowest BCUT2D eigenvalue weighted by Gasteiger charge is -2.20. The van der Waals surface area contributed by atoms with Crippen LogP contribution in [-0.4, -0.2) is 29.6 Å². The fourth-order valence-corrected chi connectivity index (χ4v) is 2.81. The number of nitrogens with zero attached hydrogens (tertiary/aromatic N) is 1. The van der Waals surface area contributed by atoms with E-state index >= 15 is 0 Å². The first-order chi connectivity index (χ1) is 10.1. The first-order valence-corrected chi connectivity index (χ1v) is 7.02. The molecule has 3 N–H and O–H groups in total. The molecule has 0 spiro atoms. The molecule has 1 amide bonds. The van der Waals surface area contributed by atoms with Crippen molar-refractivity contribution in [1.82, 2.24) is 0 Å². The fraction of sp³-hybridized carbons (Fsp3) is 0.500. The Morgan fingerprint density at radius 3 is 2.76 bits per heavy atom. The summed E-state index contributed by atoms with van der Waals surface area (Å²) < 4.78 is 5.72. The highest BCUT2D eigenvalue weighted by atomic mass is 16.6. The van der Waals surface area contributed by atoms with Crippen molar-refractivity contribution in [3.63, 3.8) is 0 Å².